The number of anilines is 5. The lowest BCUT2D eigenvalue weighted by molar-refractivity contribution is 0.982. The van der Waals surface area contributed by atoms with Crippen molar-refractivity contribution < 1.29 is 0 Å². The quantitative estimate of drug-likeness (QED) is 0.672. The lowest BCUT2D eigenvalue weighted by Crippen LogP contribution is -2.08. The van der Waals surface area contributed by atoms with Gasteiger partial charge >= 0.3 is 0 Å². The van der Waals surface area contributed by atoms with Gasteiger partial charge in [0.15, 0.2) is 5.82 Å². The largest absolute Gasteiger partial charge is 0.378 e. The second-order valence-electron chi connectivity index (χ2n) is 5.49. The number of nitrogens with one attached hydrogen (secondary N) is 2. The molecule has 1 aromatic heterocycles. The van der Waals surface area contributed by atoms with Gasteiger partial charge in [-0.05, 0) is 42.5 Å². The predicted molar refractivity (Wildman–Crippen MR) is 104 cm³/mol. The summed E-state index contributed by atoms with van der Waals surface area (Å²) in [5, 5.41) is 15.2. The van der Waals surface area contributed by atoms with Gasteiger partial charge in [0.1, 0.15) is 0 Å². The van der Waals surface area contributed by atoms with Crippen molar-refractivity contribution in [3.63, 3.8) is 0 Å². The van der Waals surface area contributed by atoms with Gasteiger partial charge < -0.3 is 15.5 Å². The molecule has 0 aliphatic carbocycles. The third kappa shape index (κ3) is 4.49. The molecule has 0 bridgehead atoms. The molecule has 0 saturated heterocycles. The van der Waals surface area contributed by atoms with E-state index in [1.165, 1.54) is 6.20 Å². The van der Waals surface area contributed by atoms with Crippen LogP contribution in [0, 0.1) is 0 Å². The van der Waals surface area contributed by atoms with Crippen LogP contribution in [-0.2, 0) is 0 Å². The van der Waals surface area contributed by atoms with Gasteiger partial charge in [-0.1, -0.05) is 23.2 Å². The van der Waals surface area contributed by atoms with E-state index >= 15 is 0 Å². The van der Waals surface area contributed by atoms with Crippen molar-refractivity contribution in [1.82, 2.24) is 15.2 Å². The molecule has 0 saturated carbocycles. The topological polar surface area (TPSA) is 66.0 Å². The Bertz CT molecular complexity index is 867. The summed E-state index contributed by atoms with van der Waals surface area (Å²) in [5.74, 6) is 0.934. The van der Waals surface area contributed by atoms with Crippen molar-refractivity contribution >= 4 is 52.0 Å². The van der Waals surface area contributed by atoms with E-state index in [1.807, 2.05) is 49.3 Å². The number of hydrogen-bond donors (Lipinski definition) is 2. The lowest BCUT2D eigenvalue weighted by Gasteiger charge is -2.13. The van der Waals surface area contributed by atoms with E-state index in [2.05, 4.69) is 25.8 Å². The van der Waals surface area contributed by atoms with Crippen LogP contribution in [0.3, 0.4) is 0 Å². The molecule has 0 unspecified atom stereocenters. The summed E-state index contributed by atoms with van der Waals surface area (Å²) in [6.45, 7) is 0. The normalized spacial score (nSPS) is 10.4. The van der Waals surface area contributed by atoms with E-state index in [4.69, 9.17) is 23.2 Å². The molecule has 0 fully saturated rings. The highest BCUT2D eigenvalue weighted by Crippen LogP contribution is 2.26. The van der Waals surface area contributed by atoms with E-state index in [0.29, 0.717) is 21.8 Å². The van der Waals surface area contributed by atoms with Crippen LogP contribution < -0.4 is 15.5 Å². The molecule has 0 spiro atoms. The van der Waals surface area contributed by atoms with E-state index in [-0.39, 0.29) is 0 Å². The zero-order valence-corrected chi connectivity index (χ0v) is 15.2. The van der Waals surface area contributed by atoms with Crippen molar-refractivity contribution in [3.05, 3.63) is 58.7 Å². The number of rotatable bonds is 5. The Hall–Kier alpha value is -2.57. The Morgan fingerprint density at radius 1 is 0.880 bits per heavy atom. The Balaban J connectivity index is 1.73. The van der Waals surface area contributed by atoms with Crippen LogP contribution >= 0.6 is 23.2 Å². The summed E-state index contributed by atoms with van der Waals surface area (Å²) in [6, 6.07) is 13.2. The molecule has 1 heterocycles. The molecular formula is C17H16Cl2N6. The molecule has 3 aromatic rings. The monoisotopic (exact) mass is 374 g/mol. The van der Waals surface area contributed by atoms with Gasteiger partial charge in [-0.25, -0.2) is 0 Å². The second kappa shape index (κ2) is 7.55. The molecule has 3 rings (SSSR count). The molecule has 2 N–H and O–H groups in total. The molecule has 0 radical (unpaired) electrons. The summed E-state index contributed by atoms with van der Waals surface area (Å²) in [5.41, 5.74) is 2.75. The Morgan fingerprint density at radius 3 is 2.28 bits per heavy atom. The summed E-state index contributed by atoms with van der Waals surface area (Å²) in [6.07, 6.45) is 1.53. The highest BCUT2D eigenvalue weighted by Gasteiger charge is 2.04. The van der Waals surface area contributed by atoms with Gasteiger partial charge in [0.25, 0.3) is 0 Å². The second-order valence-corrected chi connectivity index (χ2v) is 6.30. The van der Waals surface area contributed by atoms with Gasteiger partial charge in [0.2, 0.25) is 5.95 Å². The SMILES string of the molecule is CN(C)c1ccc(Nc2nncc(Nc3ccc(Cl)c(Cl)c3)n2)cc1. The van der Waals surface area contributed by atoms with Crippen LogP contribution in [0.1, 0.15) is 0 Å². The van der Waals surface area contributed by atoms with Crippen molar-refractivity contribution in [3.8, 4) is 0 Å². The summed E-state index contributed by atoms with van der Waals surface area (Å²) >= 11 is 11.9. The molecule has 25 heavy (non-hydrogen) atoms. The van der Waals surface area contributed by atoms with Crippen LogP contribution in [0.25, 0.3) is 0 Å². The van der Waals surface area contributed by atoms with Crippen molar-refractivity contribution in [2.24, 2.45) is 0 Å². The van der Waals surface area contributed by atoms with Crippen molar-refractivity contribution in [1.29, 1.82) is 0 Å². The Kier molecular flexibility index (Phi) is 5.21. The minimum Gasteiger partial charge on any atom is -0.378 e. The minimum absolute atomic E-state index is 0.391. The highest BCUT2D eigenvalue weighted by atomic mass is 35.5. The van der Waals surface area contributed by atoms with Gasteiger partial charge in [0.05, 0.1) is 16.2 Å². The van der Waals surface area contributed by atoms with E-state index < -0.39 is 0 Å². The fourth-order valence-corrected chi connectivity index (χ4v) is 2.41. The molecule has 6 nitrogen and oxygen atoms in total. The summed E-state index contributed by atoms with van der Waals surface area (Å²) in [7, 11) is 3.99. The molecule has 8 heteroatoms. The summed E-state index contributed by atoms with van der Waals surface area (Å²) < 4.78 is 0. The zero-order valence-electron chi connectivity index (χ0n) is 13.7. The van der Waals surface area contributed by atoms with Gasteiger partial charge in [-0.3, -0.25) is 0 Å². The van der Waals surface area contributed by atoms with Crippen LogP contribution in [-0.4, -0.2) is 29.3 Å². The maximum absolute atomic E-state index is 6.02. The van der Waals surface area contributed by atoms with Crippen molar-refractivity contribution in [2.45, 2.75) is 0 Å². The number of aromatic nitrogens is 3. The molecule has 0 aliphatic heterocycles. The highest BCUT2D eigenvalue weighted by molar-refractivity contribution is 6.42. The maximum atomic E-state index is 6.02. The smallest absolute Gasteiger partial charge is 0.249 e. The zero-order chi connectivity index (χ0) is 17.8. The molecule has 128 valence electrons. The molecule has 2 aromatic carbocycles. The first-order chi connectivity index (χ1) is 12.0. The third-order valence-electron chi connectivity index (χ3n) is 3.39. The minimum atomic E-state index is 0.391. The fourth-order valence-electron chi connectivity index (χ4n) is 2.11. The van der Waals surface area contributed by atoms with Gasteiger partial charge in [-0.2, -0.15) is 10.1 Å². The number of hydrogen-bond acceptors (Lipinski definition) is 6. The average Bonchev–Trinajstić information content (AvgIpc) is 2.59. The van der Waals surface area contributed by atoms with Crippen LogP contribution in [0.15, 0.2) is 48.7 Å². The Labute approximate surface area is 155 Å². The van der Waals surface area contributed by atoms with Crippen LogP contribution in [0.5, 0.6) is 0 Å². The van der Waals surface area contributed by atoms with Crippen molar-refractivity contribution in [2.75, 3.05) is 29.6 Å². The third-order valence-corrected chi connectivity index (χ3v) is 4.13. The molecule has 0 amide bonds. The summed E-state index contributed by atoms with van der Waals surface area (Å²) in [4.78, 5) is 6.42. The Morgan fingerprint density at radius 2 is 1.60 bits per heavy atom. The standard InChI is InChI=1S/C17H16Cl2N6/c1-25(2)13-6-3-11(4-7-13)22-17-23-16(10-20-24-17)21-12-5-8-14(18)15(19)9-12/h3-10H,1-2H3,(H2,21,22,23,24). The van der Waals surface area contributed by atoms with E-state index in [0.717, 1.165) is 17.1 Å². The first kappa shape index (κ1) is 17.3. The van der Waals surface area contributed by atoms with E-state index in [1.54, 1.807) is 12.1 Å². The predicted octanol–water partition coefficient (Wildman–Crippen LogP) is 4.73. The van der Waals surface area contributed by atoms with E-state index in [9.17, 15) is 0 Å². The maximum Gasteiger partial charge on any atom is 0.249 e. The molecule has 0 atom stereocenters. The number of halogens is 2. The first-order valence-electron chi connectivity index (χ1n) is 7.47. The number of nitrogens with zero attached hydrogens (tertiary/aromatic N) is 4. The lowest BCUT2D eigenvalue weighted by atomic mass is 10.2. The van der Waals surface area contributed by atoms with Crippen LogP contribution in [0.2, 0.25) is 10.0 Å². The number of benzene rings is 2. The molecular weight excluding hydrogens is 359 g/mol. The van der Waals surface area contributed by atoms with Gasteiger partial charge in [0, 0.05) is 31.2 Å². The average molecular weight is 375 g/mol. The first-order valence-corrected chi connectivity index (χ1v) is 8.23. The fraction of sp³-hybridized carbons (Fsp3) is 0.118. The molecule has 0 aliphatic rings. The van der Waals surface area contributed by atoms with Crippen LogP contribution in [0.4, 0.5) is 28.8 Å². The van der Waals surface area contributed by atoms with Gasteiger partial charge in [-0.15, -0.1) is 5.10 Å².